The minimum Gasteiger partial charge on any atom is -0.294 e. The lowest BCUT2D eigenvalue weighted by Crippen LogP contribution is -2.13. The molecule has 0 aliphatic heterocycles. The summed E-state index contributed by atoms with van der Waals surface area (Å²) in [5.74, 6) is 1.000. The molecule has 3 aliphatic rings. The van der Waals surface area contributed by atoms with Crippen LogP contribution in [-0.2, 0) is 6.42 Å². The van der Waals surface area contributed by atoms with Gasteiger partial charge in [-0.1, -0.05) is 56.9 Å². The summed E-state index contributed by atoms with van der Waals surface area (Å²) >= 11 is 0. The summed E-state index contributed by atoms with van der Waals surface area (Å²) in [6.45, 7) is 2.24. The summed E-state index contributed by atoms with van der Waals surface area (Å²) in [4.78, 5) is 18.2. The summed E-state index contributed by atoms with van der Waals surface area (Å²) in [5, 5.41) is 4.50. The number of allylic oxidation sites excluding steroid dienone is 5. The molecule has 3 aromatic rings. The monoisotopic (exact) mass is 451 g/mol. The van der Waals surface area contributed by atoms with Crippen LogP contribution in [0.1, 0.15) is 86.0 Å². The van der Waals surface area contributed by atoms with Crippen LogP contribution < -0.4 is 0 Å². The molecule has 1 unspecified atom stereocenters. The molecule has 1 saturated carbocycles. The Kier molecular flexibility index (Phi) is 5.52. The Morgan fingerprint density at radius 2 is 1.91 bits per heavy atom. The normalized spacial score (nSPS) is 20.7. The van der Waals surface area contributed by atoms with Crippen molar-refractivity contribution in [2.75, 3.05) is 0 Å². The van der Waals surface area contributed by atoms with Gasteiger partial charge in [-0.15, -0.1) is 0 Å². The summed E-state index contributed by atoms with van der Waals surface area (Å²) in [6.07, 6.45) is 23.6. The lowest BCUT2D eigenvalue weighted by Gasteiger charge is -2.14. The molecule has 0 radical (unpaired) electrons. The highest BCUT2D eigenvalue weighted by Crippen LogP contribution is 2.35. The molecule has 3 aromatic heterocycles. The molecule has 1 atom stereocenters. The second-order valence-corrected chi connectivity index (χ2v) is 10.1. The number of ketones is 1. The van der Waals surface area contributed by atoms with Crippen molar-refractivity contribution in [2.24, 2.45) is 11.8 Å². The van der Waals surface area contributed by atoms with E-state index in [0.717, 1.165) is 60.9 Å². The topological polar surface area (TPSA) is 47.3 Å². The maximum absolute atomic E-state index is 13.4. The van der Waals surface area contributed by atoms with Gasteiger partial charge in [-0.05, 0) is 60.1 Å². The third kappa shape index (κ3) is 3.85. The Morgan fingerprint density at radius 3 is 2.71 bits per heavy atom. The second kappa shape index (κ2) is 8.83. The molecular formula is C30H33N3O. The highest BCUT2D eigenvalue weighted by Gasteiger charge is 2.25. The van der Waals surface area contributed by atoms with Crippen LogP contribution in [0.2, 0.25) is 0 Å². The standard InChI is InChI=1S/C30H31N3O.H2/c1-20-8-10-21(11-9-20)24-16-26-25(12-13-28(26)31-18-24)23-14-15-33-29(17-23)27(19-32-33)30(34)22-6-4-2-3-5-7-22;/h8,10-12,14-20,22H,2-7,9,13H2,1H3;1H. The Hall–Kier alpha value is -3.27. The Bertz CT molecular complexity index is 1360. The van der Waals surface area contributed by atoms with E-state index < -0.39 is 0 Å². The molecule has 3 heterocycles. The predicted octanol–water partition coefficient (Wildman–Crippen LogP) is 7.10. The quantitative estimate of drug-likeness (QED) is 0.314. The molecule has 0 amide bonds. The Morgan fingerprint density at radius 1 is 1.06 bits per heavy atom. The number of rotatable bonds is 4. The van der Waals surface area contributed by atoms with E-state index in [2.05, 4.69) is 54.5 Å². The zero-order valence-corrected chi connectivity index (χ0v) is 19.8. The Balaban J connectivity index is 0.00000253. The van der Waals surface area contributed by atoms with Crippen molar-refractivity contribution in [1.29, 1.82) is 0 Å². The molecule has 6 rings (SSSR count). The lowest BCUT2D eigenvalue weighted by molar-refractivity contribution is 0.0909. The fourth-order valence-corrected chi connectivity index (χ4v) is 5.67. The maximum Gasteiger partial charge on any atom is 0.169 e. The molecule has 4 heteroatoms. The van der Waals surface area contributed by atoms with Crippen LogP contribution in [0.15, 0.2) is 61.1 Å². The van der Waals surface area contributed by atoms with Crippen LogP contribution in [0.25, 0.3) is 16.7 Å². The van der Waals surface area contributed by atoms with E-state index in [1.807, 2.05) is 16.9 Å². The first-order chi connectivity index (χ1) is 16.7. The van der Waals surface area contributed by atoms with Gasteiger partial charge in [0.1, 0.15) is 0 Å². The fraction of sp³-hybridized carbons (Fsp3) is 0.367. The van der Waals surface area contributed by atoms with Gasteiger partial charge in [0.05, 0.1) is 23.0 Å². The largest absolute Gasteiger partial charge is 0.294 e. The van der Waals surface area contributed by atoms with Crippen LogP contribution in [-0.4, -0.2) is 20.4 Å². The molecule has 3 aliphatic carbocycles. The summed E-state index contributed by atoms with van der Waals surface area (Å²) in [7, 11) is 0. The van der Waals surface area contributed by atoms with Gasteiger partial charge in [-0.2, -0.15) is 5.10 Å². The molecule has 0 aromatic carbocycles. The summed E-state index contributed by atoms with van der Waals surface area (Å²) in [5.41, 5.74) is 8.76. The highest BCUT2D eigenvalue weighted by atomic mass is 16.1. The van der Waals surface area contributed by atoms with Gasteiger partial charge < -0.3 is 0 Å². The van der Waals surface area contributed by atoms with Crippen molar-refractivity contribution in [3.8, 4) is 0 Å². The maximum atomic E-state index is 13.4. The van der Waals surface area contributed by atoms with Crippen LogP contribution in [0.3, 0.4) is 0 Å². The number of carbonyl (C=O) groups excluding carboxylic acids is 1. The van der Waals surface area contributed by atoms with Crippen LogP contribution >= 0.6 is 0 Å². The number of Topliss-reactive ketones (excluding diaryl/α,β-unsaturated/α-hetero) is 1. The summed E-state index contributed by atoms with van der Waals surface area (Å²) < 4.78 is 1.84. The molecular weight excluding hydrogens is 418 g/mol. The van der Waals surface area contributed by atoms with Gasteiger partial charge in [-0.25, -0.2) is 4.52 Å². The molecule has 0 bridgehead atoms. The van der Waals surface area contributed by atoms with Gasteiger partial charge >= 0.3 is 0 Å². The van der Waals surface area contributed by atoms with Gasteiger partial charge in [0.2, 0.25) is 0 Å². The Labute approximate surface area is 202 Å². The van der Waals surface area contributed by atoms with Crippen molar-refractivity contribution in [3.63, 3.8) is 0 Å². The fourth-order valence-electron chi connectivity index (χ4n) is 5.67. The van der Waals surface area contributed by atoms with Crippen molar-refractivity contribution in [1.82, 2.24) is 14.6 Å². The van der Waals surface area contributed by atoms with Crippen LogP contribution in [0.5, 0.6) is 0 Å². The smallest absolute Gasteiger partial charge is 0.169 e. The van der Waals surface area contributed by atoms with Crippen LogP contribution in [0, 0.1) is 11.8 Å². The average Bonchev–Trinajstić information content (AvgIpc) is 3.38. The number of aromatic nitrogens is 3. The first kappa shape index (κ1) is 21.3. The van der Waals surface area contributed by atoms with Gasteiger partial charge in [0.25, 0.3) is 0 Å². The van der Waals surface area contributed by atoms with E-state index in [-0.39, 0.29) is 13.1 Å². The second-order valence-electron chi connectivity index (χ2n) is 10.1. The van der Waals surface area contributed by atoms with E-state index in [0.29, 0.717) is 5.92 Å². The minimum absolute atomic E-state index is 0. The number of hydrogen-bond donors (Lipinski definition) is 0. The number of carbonyl (C=O) groups is 1. The molecule has 1 fully saturated rings. The van der Waals surface area contributed by atoms with Gasteiger partial charge in [0.15, 0.2) is 5.78 Å². The van der Waals surface area contributed by atoms with Crippen molar-refractivity contribution in [3.05, 3.63) is 89.0 Å². The van der Waals surface area contributed by atoms with Crippen molar-refractivity contribution in [2.45, 2.75) is 58.3 Å². The van der Waals surface area contributed by atoms with E-state index in [9.17, 15) is 4.79 Å². The van der Waals surface area contributed by atoms with E-state index in [1.165, 1.54) is 35.1 Å². The molecule has 4 nitrogen and oxygen atoms in total. The SMILES string of the molecule is CC1C=CC(c2cnc3c(c2)C(c2ccn4ncc(C(=O)C5CCCCCC5)c4c2)=CC3)=CC1.[HH]. The van der Waals surface area contributed by atoms with Crippen LogP contribution in [0.4, 0.5) is 0 Å². The van der Waals surface area contributed by atoms with Gasteiger partial charge in [0, 0.05) is 37.3 Å². The average molecular weight is 452 g/mol. The third-order valence-corrected chi connectivity index (χ3v) is 7.73. The molecule has 0 spiro atoms. The first-order valence-electron chi connectivity index (χ1n) is 12.8. The number of nitrogens with zero attached hydrogens (tertiary/aromatic N) is 3. The van der Waals surface area contributed by atoms with E-state index >= 15 is 0 Å². The van der Waals surface area contributed by atoms with E-state index in [1.54, 1.807) is 6.20 Å². The molecule has 0 N–H and O–H groups in total. The number of hydrogen-bond acceptors (Lipinski definition) is 3. The molecule has 0 saturated heterocycles. The molecule has 174 valence electrons. The van der Waals surface area contributed by atoms with Crippen molar-refractivity contribution < 1.29 is 6.22 Å². The number of pyridine rings is 2. The van der Waals surface area contributed by atoms with Crippen molar-refractivity contribution >= 4 is 22.4 Å². The van der Waals surface area contributed by atoms with E-state index in [4.69, 9.17) is 4.98 Å². The van der Waals surface area contributed by atoms with Gasteiger partial charge in [-0.3, -0.25) is 9.78 Å². The zero-order valence-electron chi connectivity index (χ0n) is 19.8. The summed E-state index contributed by atoms with van der Waals surface area (Å²) in [6, 6.07) is 6.53. The third-order valence-electron chi connectivity index (χ3n) is 7.73. The lowest BCUT2D eigenvalue weighted by atomic mass is 9.91. The number of fused-ring (bicyclic) bond motifs is 2. The first-order valence-corrected chi connectivity index (χ1v) is 12.8. The highest BCUT2D eigenvalue weighted by molar-refractivity contribution is 6.04. The molecule has 34 heavy (non-hydrogen) atoms. The minimum atomic E-state index is 0. The zero-order chi connectivity index (χ0) is 23.1. The predicted molar refractivity (Wildman–Crippen MR) is 139 cm³/mol.